The van der Waals surface area contributed by atoms with Crippen molar-refractivity contribution in [1.29, 1.82) is 0 Å². The molecule has 0 atom stereocenters. The summed E-state index contributed by atoms with van der Waals surface area (Å²) in [6.07, 6.45) is 1.87. The summed E-state index contributed by atoms with van der Waals surface area (Å²) in [5, 5.41) is 11.1. The lowest BCUT2D eigenvalue weighted by Gasteiger charge is -2.12. The van der Waals surface area contributed by atoms with E-state index in [-0.39, 0.29) is 12.5 Å². The molecule has 0 aliphatic rings. The first-order valence-corrected chi connectivity index (χ1v) is 9.54. The van der Waals surface area contributed by atoms with Crippen molar-refractivity contribution < 1.29 is 9.53 Å². The largest absolute Gasteiger partial charge is 0.488 e. The summed E-state index contributed by atoms with van der Waals surface area (Å²) in [6.45, 7) is 0.628. The second-order valence-corrected chi connectivity index (χ2v) is 6.96. The number of rotatable bonds is 6. The van der Waals surface area contributed by atoms with Crippen molar-refractivity contribution in [3.8, 4) is 5.75 Å². The number of para-hydroxylation sites is 1. The summed E-state index contributed by atoms with van der Waals surface area (Å²) >= 11 is 3.51. The Morgan fingerprint density at radius 2 is 1.79 bits per heavy atom. The van der Waals surface area contributed by atoms with Crippen molar-refractivity contribution in [3.63, 3.8) is 0 Å². The predicted octanol–water partition coefficient (Wildman–Crippen LogP) is 4.00. The topological polar surface area (TPSA) is 68.5 Å². The Hall–Kier alpha value is -3.19. The molecule has 0 aliphatic heterocycles. The van der Waals surface area contributed by atoms with Crippen LogP contribution in [0.2, 0.25) is 0 Å². The molecule has 4 aromatic rings. The molecule has 28 heavy (non-hydrogen) atoms. The van der Waals surface area contributed by atoms with Gasteiger partial charge in [-0.05, 0) is 30.3 Å². The van der Waals surface area contributed by atoms with Crippen molar-refractivity contribution in [2.45, 2.75) is 13.2 Å². The molecule has 7 heteroatoms. The van der Waals surface area contributed by atoms with Crippen LogP contribution in [0.4, 0.5) is 0 Å². The van der Waals surface area contributed by atoms with Gasteiger partial charge in [0.15, 0.2) is 11.5 Å². The van der Waals surface area contributed by atoms with Gasteiger partial charge in [-0.25, -0.2) is 0 Å². The zero-order chi connectivity index (χ0) is 19.3. The van der Waals surface area contributed by atoms with E-state index in [4.69, 9.17) is 4.74 Å². The van der Waals surface area contributed by atoms with Gasteiger partial charge < -0.3 is 10.1 Å². The summed E-state index contributed by atoms with van der Waals surface area (Å²) in [4.78, 5) is 12.7. The van der Waals surface area contributed by atoms with E-state index in [2.05, 4.69) is 31.4 Å². The monoisotopic (exact) mass is 436 g/mol. The minimum Gasteiger partial charge on any atom is -0.488 e. The molecule has 2 aromatic carbocycles. The molecule has 1 amide bonds. The molecule has 0 radical (unpaired) electrons. The van der Waals surface area contributed by atoms with Gasteiger partial charge in [0.2, 0.25) is 0 Å². The first-order valence-electron chi connectivity index (χ1n) is 8.74. The van der Waals surface area contributed by atoms with E-state index in [0.29, 0.717) is 23.7 Å². The molecule has 0 unspecified atom stereocenters. The van der Waals surface area contributed by atoms with Crippen molar-refractivity contribution in [1.82, 2.24) is 19.9 Å². The van der Waals surface area contributed by atoms with E-state index in [1.54, 1.807) is 12.1 Å². The molecular formula is C21H17BrN4O2. The third-order valence-corrected chi connectivity index (χ3v) is 5.04. The quantitative estimate of drug-likeness (QED) is 0.495. The van der Waals surface area contributed by atoms with Gasteiger partial charge in [-0.3, -0.25) is 9.20 Å². The van der Waals surface area contributed by atoms with Crippen LogP contribution in [0, 0.1) is 0 Å². The van der Waals surface area contributed by atoms with Gasteiger partial charge in [-0.2, -0.15) is 0 Å². The molecule has 0 spiro atoms. The summed E-state index contributed by atoms with van der Waals surface area (Å²) < 4.78 is 8.72. The van der Waals surface area contributed by atoms with Gasteiger partial charge in [0.1, 0.15) is 12.4 Å². The molecule has 2 aromatic heterocycles. The lowest BCUT2D eigenvalue weighted by atomic mass is 10.2. The summed E-state index contributed by atoms with van der Waals surface area (Å²) in [5.41, 5.74) is 2.22. The molecule has 2 heterocycles. The van der Waals surface area contributed by atoms with Crippen LogP contribution in [0.1, 0.15) is 21.7 Å². The number of nitrogens with zero attached hydrogens (tertiary/aromatic N) is 3. The van der Waals surface area contributed by atoms with E-state index in [0.717, 1.165) is 15.7 Å². The second-order valence-electron chi connectivity index (χ2n) is 6.10. The molecular weight excluding hydrogens is 420 g/mol. The summed E-state index contributed by atoms with van der Waals surface area (Å²) in [7, 11) is 0. The molecule has 140 valence electrons. The van der Waals surface area contributed by atoms with E-state index >= 15 is 0 Å². The van der Waals surface area contributed by atoms with Crippen LogP contribution in [-0.2, 0) is 13.2 Å². The number of hydrogen-bond acceptors (Lipinski definition) is 4. The number of nitrogens with one attached hydrogen (secondary N) is 1. The first kappa shape index (κ1) is 18.2. The normalized spacial score (nSPS) is 10.8. The number of fused-ring (bicyclic) bond motifs is 1. The van der Waals surface area contributed by atoms with Crippen LogP contribution in [0.3, 0.4) is 0 Å². The summed E-state index contributed by atoms with van der Waals surface area (Å²) in [5.74, 6) is 0.966. The van der Waals surface area contributed by atoms with Gasteiger partial charge >= 0.3 is 0 Å². The van der Waals surface area contributed by atoms with E-state index in [9.17, 15) is 4.79 Å². The minimum absolute atomic E-state index is 0.226. The van der Waals surface area contributed by atoms with E-state index in [1.807, 2.05) is 65.2 Å². The number of aromatic nitrogens is 3. The highest BCUT2D eigenvalue weighted by Gasteiger charge is 2.14. The maximum Gasteiger partial charge on any atom is 0.255 e. The first-order chi connectivity index (χ1) is 13.7. The van der Waals surface area contributed by atoms with E-state index in [1.165, 1.54) is 0 Å². The van der Waals surface area contributed by atoms with Crippen LogP contribution in [0.25, 0.3) is 5.65 Å². The molecule has 1 N–H and O–H groups in total. The number of carbonyl (C=O) groups is 1. The van der Waals surface area contributed by atoms with Crippen LogP contribution in [-0.4, -0.2) is 20.5 Å². The average Bonchev–Trinajstić information content (AvgIpc) is 3.15. The highest BCUT2D eigenvalue weighted by atomic mass is 79.9. The average molecular weight is 437 g/mol. The fourth-order valence-electron chi connectivity index (χ4n) is 2.82. The highest BCUT2D eigenvalue weighted by Crippen LogP contribution is 2.22. The highest BCUT2D eigenvalue weighted by molar-refractivity contribution is 9.10. The minimum atomic E-state index is -0.226. The van der Waals surface area contributed by atoms with Gasteiger partial charge in [-0.1, -0.05) is 52.3 Å². The lowest BCUT2D eigenvalue weighted by molar-refractivity contribution is 0.0945. The number of carbonyl (C=O) groups excluding carboxylic acids is 1. The zero-order valence-corrected chi connectivity index (χ0v) is 16.5. The number of halogens is 1. The Kier molecular flexibility index (Phi) is 5.34. The Morgan fingerprint density at radius 3 is 2.68 bits per heavy atom. The molecule has 0 fully saturated rings. The van der Waals surface area contributed by atoms with Gasteiger partial charge in [0.25, 0.3) is 5.91 Å². The zero-order valence-electron chi connectivity index (χ0n) is 14.9. The molecule has 0 saturated carbocycles. The SMILES string of the molecule is O=C(NCc1nnc2ccccn12)c1ccccc1OCc1ccccc1Br. The van der Waals surface area contributed by atoms with Crippen molar-refractivity contribution in [2.75, 3.05) is 0 Å². The molecule has 0 bridgehead atoms. The fourth-order valence-corrected chi connectivity index (χ4v) is 3.22. The number of ether oxygens (including phenoxy) is 1. The Balaban J connectivity index is 1.46. The summed E-state index contributed by atoms with van der Waals surface area (Å²) in [6, 6.07) is 20.7. The lowest BCUT2D eigenvalue weighted by Crippen LogP contribution is -2.24. The van der Waals surface area contributed by atoms with Crippen molar-refractivity contribution in [3.05, 3.63) is 94.4 Å². The number of pyridine rings is 1. The predicted molar refractivity (Wildman–Crippen MR) is 109 cm³/mol. The third kappa shape index (κ3) is 3.89. The maximum atomic E-state index is 12.7. The van der Waals surface area contributed by atoms with Crippen LogP contribution < -0.4 is 10.1 Å². The van der Waals surface area contributed by atoms with E-state index < -0.39 is 0 Å². The smallest absolute Gasteiger partial charge is 0.255 e. The van der Waals surface area contributed by atoms with Crippen LogP contribution in [0.15, 0.2) is 77.4 Å². The van der Waals surface area contributed by atoms with Crippen molar-refractivity contribution >= 4 is 27.5 Å². The Labute approximate surface area is 170 Å². The standard InChI is InChI=1S/C21H17BrN4O2/c22-17-9-3-1-7-15(17)14-28-18-10-4-2-8-16(18)21(27)23-13-20-25-24-19-11-5-6-12-26(19)20/h1-12H,13-14H2,(H,23,27). The second kappa shape index (κ2) is 8.22. The number of hydrogen-bond donors (Lipinski definition) is 1. The molecule has 0 saturated heterocycles. The van der Waals surface area contributed by atoms with Gasteiger partial charge in [-0.15, -0.1) is 10.2 Å². The number of benzene rings is 2. The van der Waals surface area contributed by atoms with Gasteiger partial charge in [0.05, 0.1) is 12.1 Å². The Morgan fingerprint density at radius 1 is 1.00 bits per heavy atom. The van der Waals surface area contributed by atoms with Crippen LogP contribution >= 0.6 is 15.9 Å². The molecule has 6 nitrogen and oxygen atoms in total. The number of amides is 1. The molecule has 0 aliphatic carbocycles. The third-order valence-electron chi connectivity index (χ3n) is 4.26. The maximum absolute atomic E-state index is 12.7. The molecule has 4 rings (SSSR count). The van der Waals surface area contributed by atoms with Gasteiger partial charge in [0, 0.05) is 16.2 Å². The van der Waals surface area contributed by atoms with Crippen LogP contribution in [0.5, 0.6) is 5.75 Å². The van der Waals surface area contributed by atoms with Crippen molar-refractivity contribution in [2.24, 2.45) is 0 Å². The fraction of sp³-hybridized carbons (Fsp3) is 0.0952. The Bertz CT molecular complexity index is 1130.